The highest BCUT2D eigenvalue weighted by molar-refractivity contribution is 5.64. The SMILES string of the molecule is O=C(O)N1CCC(C(F)CCCO)CC1. The maximum absolute atomic E-state index is 13.5. The lowest BCUT2D eigenvalue weighted by Crippen LogP contribution is -2.39. The molecule has 1 saturated heterocycles. The van der Waals surface area contributed by atoms with Gasteiger partial charge < -0.3 is 15.1 Å². The van der Waals surface area contributed by atoms with Crippen molar-refractivity contribution in [1.29, 1.82) is 0 Å². The Morgan fingerprint density at radius 3 is 2.53 bits per heavy atom. The van der Waals surface area contributed by atoms with Crippen molar-refractivity contribution in [1.82, 2.24) is 4.90 Å². The van der Waals surface area contributed by atoms with Crippen molar-refractivity contribution in [3.05, 3.63) is 0 Å². The van der Waals surface area contributed by atoms with Crippen LogP contribution in [0.1, 0.15) is 25.7 Å². The zero-order chi connectivity index (χ0) is 11.3. The van der Waals surface area contributed by atoms with Gasteiger partial charge in [-0.25, -0.2) is 9.18 Å². The second-order valence-corrected chi connectivity index (χ2v) is 3.99. The van der Waals surface area contributed by atoms with Crippen LogP contribution in [0.2, 0.25) is 0 Å². The van der Waals surface area contributed by atoms with Crippen LogP contribution in [0.4, 0.5) is 9.18 Å². The van der Waals surface area contributed by atoms with Crippen molar-refractivity contribution in [3.63, 3.8) is 0 Å². The Morgan fingerprint density at radius 1 is 1.47 bits per heavy atom. The predicted octanol–water partition coefficient (Wildman–Crippen LogP) is 1.49. The molecule has 1 rings (SSSR count). The Labute approximate surface area is 88.7 Å². The molecule has 1 heterocycles. The van der Waals surface area contributed by atoms with E-state index in [1.165, 1.54) is 4.90 Å². The van der Waals surface area contributed by atoms with E-state index in [9.17, 15) is 9.18 Å². The molecular formula is C10H18FNO3. The first-order valence-electron chi connectivity index (χ1n) is 5.38. The molecular weight excluding hydrogens is 201 g/mol. The van der Waals surface area contributed by atoms with E-state index in [1.807, 2.05) is 0 Å². The molecule has 0 aromatic rings. The smallest absolute Gasteiger partial charge is 0.407 e. The van der Waals surface area contributed by atoms with Gasteiger partial charge in [0.25, 0.3) is 0 Å². The number of aliphatic hydroxyl groups is 1. The molecule has 1 atom stereocenters. The van der Waals surface area contributed by atoms with Crippen LogP contribution in [-0.2, 0) is 0 Å². The molecule has 1 aliphatic rings. The molecule has 88 valence electrons. The minimum absolute atomic E-state index is 0.0222. The van der Waals surface area contributed by atoms with Crippen LogP contribution in [0, 0.1) is 5.92 Å². The summed E-state index contributed by atoms with van der Waals surface area (Å²) in [6, 6.07) is 0. The van der Waals surface area contributed by atoms with E-state index in [0.29, 0.717) is 38.8 Å². The molecule has 0 bridgehead atoms. The standard InChI is InChI=1S/C10H18FNO3/c11-9(2-1-7-13)8-3-5-12(6-4-8)10(14)15/h8-9,13H,1-7H2,(H,14,15). The van der Waals surface area contributed by atoms with Gasteiger partial charge in [-0.3, -0.25) is 0 Å². The molecule has 0 radical (unpaired) electrons. The fourth-order valence-corrected chi connectivity index (χ4v) is 1.97. The van der Waals surface area contributed by atoms with Gasteiger partial charge in [0.1, 0.15) is 6.17 Å². The minimum atomic E-state index is -0.917. The van der Waals surface area contributed by atoms with Crippen molar-refractivity contribution in [2.24, 2.45) is 5.92 Å². The Morgan fingerprint density at radius 2 is 2.07 bits per heavy atom. The number of aliphatic hydroxyl groups excluding tert-OH is 1. The summed E-state index contributed by atoms with van der Waals surface area (Å²) in [6.45, 7) is 0.882. The second kappa shape index (κ2) is 5.90. The first kappa shape index (κ1) is 12.2. The molecule has 15 heavy (non-hydrogen) atoms. The summed E-state index contributed by atoms with van der Waals surface area (Å²) in [5, 5.41) is 17.3. The number of carbonyl (C=O) groups is 1. The largest absolute Gasteiger partial charge is 0.465 e. The topological polar surface area (TPSA) is 60.8 Å². The fourth-order valence-electron chi connectivity index (χ4n) is 1.97. The highest BCUT2D eigenvalue weighted by Crippen LogP contribution is 2.25. The number of nitrogens with zero attached hydrogens (tertiary/aromatic N) is 1. The summed E-state index contributed by atoms with van der Waals surface area (Å²) in [6.07, 6.45) is 0.249. The van der Waals surface area contributed by atoms with Crippen LogP contribution in [0.5, 0.6) is 0 Å². The van der Waals surface area contributed by atoms with E-state index in [0.717, 1.165) is 0 Å². The Kier molecular flexibility index (Phi) is 4.81. The third kappa shape index (κ3) is 3.66. The maximum Gasteiger partial charge on any atom is 0.407 e. The lowest BCUT2D eigenvalue weighted by atomic mass is 9.90. The number of likely N-dealkylation sites (tertiary alicyclic amines) is 1. The lowest BCUT2D eigenvalue weighted by Gasteiger charge is -2.31. The van der Waals surface area contributed by atoms with Crippen LogP contribution in [0.3, 0.4) is 0 Å². The summed E-state index contributed by atoms with van der Waals surface area (Å²) in [5.41, 5.74) is 0. The van der Waals surface area contributed by atoms with Gasteiger partial charge in [0, 0.05) is 19.7 Å². The minimum Gasteiger partial charge on any atom is -0.465 e. The van der Waals surface area contributed by atoms with Crippen LogP contribution < -0.4 is 0 Å². The van der Waals surface area contributed by atoms with Gasteiger partial charge >= 0.3 is 6.09 Å². The molecule has 0 saturated carbocycles. The summed E-state index contributed by atoms with van der Waals surface area (Å²) in [5.74, 6) is -0.0350. The molecule has 5 heteroatoms. The van der Waals surface area contributed by atoms with Gasteiger partial charge in [0.15, 0.2) is 0 Å². The Balaban J connectivity index is 2.27. The highest BCUT2D eigenvalue weighted by Gasteiger charge is 2.27. The van der Waals surface area contributed by atoms with E-state index in [-0.39, 0.29) is 12.5 Å². The summed E-state index contributed by atoms with van der Waals surface area (Å²) >= 11 is 0. The van der Waals surface area contributed by atoms with E-state index >= 15 is 0 Å². The highest BCUT2D eigenvalue weighted by atomic mass is 19.1. The summed E-state index contributed by atoms with van der Waals surface area (Å²) in [4.78, 5) is 11.9. The number of halogens is 1. The number of piperidine rings is 1. The van der Waals surface area contributed by atoms with Crippen LogP contribution in [0.25, 0.3) is 0 Å². The van der Waals surface area contributed by atoms with Crippen LogP contribution >= 0.6 is 0 Å². The third-order valence-corrected chi connectivity index (χ3v) is 2.96. The number of amides is 1. The van der Waals surface area contributed by atoms with Crippen molar-refractivity contribution < 1.29 is 19.4 Å². The third-order valence-electron chi connectivity index (χ3n) is 2.96. The lowest BCUT2D eigenvalue weighted by molar-refractivity contribution is 0.0954. The molecule has 0 aromatic carbocycles. The van der Waals surface area contributed by atoms with Gasteiger partial charge in [-0.15, -0.1) is 0 Å². The van der Waals surface area contributed by atoms with Gasteiger partial charge in [-0.05, 0) is 31.6 Å². The second-order valence-electron chi connectivity index (χ2n) is 3.99. The van der Waals surface area contributed by atoms with Gasteiger partial charge in [0.05, 0.1) is 0 Å². The first-order chi connectivity index (χ1) is 7.15. The molecule has 1 aliphatic heterocycles. The Hall–Kier alpha value is -0.840. The number of rotatable bonds is 4. The molecule has 1 unspecified atom stereocenters. The van der Waals surface area contributed by atoms with Crippen LogP contribution in [0.15, 0.2) is 0 Å². The summed E-state index contributed by atoms with van der Waals surface area (Å²) < 4.78 is 13.5. The molecule has 1 fully saturated rings. The molecule has 0 spiro atoms. The van der Waals surface area contributed by atoms with Crippen molar-refractivity contribution in [3.8, 4) is 0 Å². The zero-order valence-electron chi connectivity index (χ0n) is 8.73. The molecule has 0 aromatic heterocycles. The van der Waals surface area contributed by atoms with Gasteiger partial charge in [-0.2, -0.15) is 0 Å². The van der Waals surface area contributed by atoms with E-state index in [4.69, 9.17) is 10.2 Å². The van der Waals surface area contributed by atoms with Gasteiger partial charge in [-0.1, -0.05) is 0 Å². The summed E-state index contributed by atoms with van der Waals surface area (Å²) in [7, 11) is 0. The number of hydrogen-bond donors (Lipinski definition) is 2. The van der Waals surface area contributed by atoms with Gasteiger partial charge in [0.2, 0.25) is 0 Å². The predicted molar refractivity (Wildman–Crippen MR) is 53.5 cm³/mol. The van der Waals surface area contributed by atoms with Crippen molar-refractivity contribution >= 4 is 6.09 Å². The molecule has 2 N–H and O–H groups in total. The fraction of sp³-hybridized carbons (Fsp3) is 0.900. The molecule has 4 nitrogen and oxygen atoms in total. The normalized spacial score (nSPS) is 20.3. The zero-order valence-corrected chi connectivity index (χ0v) is 8.73. The molecule has 1 amide bonds. The quantitative estimate of drug-likeness (QED) is 0.753. The van der Waals surface area contributed by atoms with E-state index in [1.54, 1.807) is 0 Å². The monoisotopic (exact) mass is 219 g/mol. The van der Waals surface area contributed by atoms with E-state index in [2.05, 4.69) is 0 Å². The van der Waals surface area contributed by atoms with E-state index < -0.39 is 12.3 Å². The van der Waals surface area contributed by atoms with Crippen LogP contribution in [-0.4, -0.2) is 47.1 Å². The molecule has 0 aliphatic carbocycles. The Bertz CT molecular complexity index is 205. The number of carboxylic acid groups (broad SMARTS) is 1. The average molecular weight is 219 g/mol. The first-order valence-corrected chi connectivity index (χ1v) is 5.38. The average Bonchev–Trinajstić information content (AvgIpc) is 2.26. The number of hydrogen-bond acceptors (Lipinski definition) is 2. The van der Waals surface area contributed by atoms with Crippen molar-refractivity contribution in [2.75, 3.05) is 19.7 Å². The maximum atomic E-state index is 13.5. The van der Waals surface area contributed by atoms with Crippen molar-refractivity contribution in [2.45, 2.75) is 31.9 Å². The number of alkyl halides is 1.